The van der Waals surface area contributed by atoms with E-state index in [2.05, 4.69) is 36.4 Å². The summed E-state index contributed by atoms with van der Waals surface area (Å²) >= 11 is 0. The number of esters is 2. The first-order valence-corrected chi connectivity index (χ1v) is 15.8. The number of carbonyl (C=O) groups is 2. The molecular formula is C35H33O6P. The zero-order valence-corrected chi connectivity index (χ0v) is 24.7. The summed E-state index contributed by atoms with van der Waals surface area (Å²) in [5.41, 5.74) is -0.326. The van der Waals surface area contributed by atoms with Crippen LogP contribution in [0.2, 0.25) is 0 Å². The molecule has 6 nitrogen and oxygen atoms in total. The maximum absolute atomic E-state index is 14.2. The van der Waals surface area contributed by atoms with Gasteiger partial charge in [0.15, 0.2) is 5.79 Å². The lowest BCUT2D eigenvalue weighted by Crippen LogP contribution is -2.46. The molecular weight excluding hydrogens is 547 g/mol. The third-order valence-corrected chi connectivity index (χ3v) is 12.1. The van der Waals surface area contributed by atoms with Gasteiger partial charge in [0, 0.05) is 0 Å². The summed E-state index contributed by atoms with van der Waals surface area (Å²) in [6, 6.07) is 39.5. The van der Waals surface area contributed by atoms with Gasteiger partial charge in [0.2, 0.25) is 0 Å². The van der Waals surface area contributed by atoms with E-state index in [-0.39, 0.29) is 12.2 Å². The molecule has 214 valence electrons. The van der Waals surface area contributed by atoms with Gasteiger partial charge in [-0.2, -0.15) is 0 Å². The summed E-state index contributed by atoms with van der Waals surface area (Å²) < 4.78 is 16.8. The van der Waals surface area contributed by atoms with Gasteiger partial charge in [-0.15, -0.1) is 0 Å². The van der Waals surface area contributed by atoms with E-state index in [0.29, 0.717) is 0 Å². The Hall–Kier alpha value is -4.41. The van der Waals surface area contributed by atoms with Gasteiger partial charge in [-0.1, -0.05) is 84.9 Å². The van der Waals surface area contributed by atoms with E-state index >= 15 is 0 Å². The van der Waals surface area contributed by atoms with E-state index in [4.69, 9.17) is 14.2 Å². The van der Waals surface area contributed by atoms with Gasteiger partial charge in [-0.3, -0.25) is 4.79 Å². The van der Waals surface area contributed by atoms with Crippen molar-refractivity contribution in [3.05, 3.63) is 138 Å². The van der Waals surface area contributed by atoms with E-state index in [1.54, 1.807) is 6.92 Å². The lowest BCUT2D eigenvalue weighted by molar-refractivity contribution is -0.394. The van der Waals surface area contributed by atoms with Crippen molar-refractivity contribution in [2.45, 2.75) is 32.2 Å². The summed E-state index contributed by atoms with van der Waals surface area (Å²) in [6.07, 6.45) is 0. The van der Waals surface area contributed by atoms with E-state index in [1.165, 1.54) is 13.8 Å². The molecule has 0 N–H and O–H groups in total. The van der Waals surface area contributed by atoms with Gasteiger partial charge in [0.1, 0.15) is 34.8 Å². The Morgan fingerprint density at radius 1 is 0.762 bits per heavy atom. The van der Waals surface area contributed by atoms with Crippen LogP contribution in [0.15, 0.2) is 133 Å². The van der Waals surface area contributed by atoms with Crippen LogP contribution < -0.4 is 21.0 Å². The molecule has 0 bridgehead atoms. The predicted octanol–water partition coefficient (Wildman–Crippen LogP) is 4.78. The van der Waals surface area contributed by atoms with Gasteiger partial charge in [0.25, 0.3) is 0 Å². The molecule has 4 aromatic rings. The zero-order valence-electron chi connectivity index (χ0n) is 23.8. The molecule has 0 spiro atoms. The van der Waals surface area contributed by atoms with Crippen LogP contribution >= 0.6 is 7.26 Å². The monoisotopic (exact) mass is 580 g/mol. The molecule has 1 aliphatic heterocycles. The molecule has 0 saturated heterocycles. The summed E-state index contributed by atoms with van der Waals surface area (Å²) in [7, 11) is -2.91. The number of carbonyl (C=O) groups excluding carboxylic acids is 2. The van der Waals surface area contributed by atoms with Crippen LogP contribution in [0, 0.1) is 5.92 Å². The standard InChI is InChI=1S/C35H33O6P/c1-4-39-32(36)29(30-33(37)40-35(2,3)41-34(30)38)31(25-17-9-5-10-18-25)42(26-19-11-6-12-20-26,27-21-13-7-14-22-27)28-23-15-8-16-24-28/h5-24,29,31H,4H2,1-3H3. The average molecular weight is 581 g/mol. The van der Waals surface area contributed by atoms with Crippen molar-refractivity contribution < 1.29 is 28.9 Å². The minimum Gasteiger partial charge on any atom is -0.575 e. The van der Waals surface area contributed by atoms with Gasteiger partial charge < -0.3 is 19.3 Å². The molecule has 0 fully saturated rings. The van der Waals surface area contributed by atoms with E-state index in [0.717, 1.165) is 21.5 Å². The van der Waals surface area contributed by atoms with Gasteiger partial charge in [0.05, 0.1) is 18.1 Å². The number of rotatable bonds is 9. The molecule has 0 aliphatic carbocycles. The molecule has 1 aliphatic rings. The summed E-state index contributed by atoms with van der Waals surface area (Å²) in [5.74, 6) is -5.27. The largest absolute Gasteiger partial charge is 0.575 e. The molecule has 0 saturated carbocycles. The summed E-state index contributed by atoms with van der Waals surface area (Å²) in [5, 5.41) is 16.6. The molecule has 0 radical (unpaired) electrons. The molecule has 1 heterocycles. The number of benzene rings is 4. The second kappa shape index (κ2) is 12.2. The molecule has 2 atom stereocenters. The highest BCUT2D eigenvalue weighted by Crippen LogP contribution is 2.70. The van der Waals surface area contributed by atoms with E-state index in [9.17, 15) is 14.7 Å². The Kier molecular flexibility index (Phi) is 8.46. The third kappa shape index (κ3) is 5.43. The van der Waals surface area contributed by atoms with Crippen LogP contribution in [-0.2, 0) is 23.8 Å². The minimum atomic E-state index is -2.91. The average Bonchev–Trinajstić information content (AvgIpc) is 2.99. The first-order valence-electron chi connectivity index (χ1n) is 13.9. The summed E-state index contributed by atoms with van der Waals surface area (Å²) in [4.78, 5) is 27.9. The van der Waals surface area contributed by atoms with E-state index in [1.807, 2.05) is 84.9 Å². The van der Waals surface area contributed by atoms with Crippen molar-refractivity contribution in [3.63, 3.8) is 0 Å². The van der Waals surface area contributed by atoms with Crippen molar-refractivity contribution >= 4 is 35.1 Å². The van der Waals surface area contributed by atoms with Gasteiger partial charge >= 0.3 is 11.9 Å². The quantitative estimate of drug-likeness (QED) is 0.209. The molecule has 5 rings (SSSR count). The molecule has 7 heteroatoms. The lowest BCUT2D eigenvalue weighted by Gasteiger charge is -2.43. The normalized spacial score (nSPS) is 16.1. The Morgan fingerprint density at radius 2 is 1.19 bits per heavy atom. The van der Waals surface area contributed by atoms with Crippen molar-refractivity contribution in [1.29, 1.82) is 0 Å². The van der Waals surface area contributed by atoms with Crippen LogP contribution in [0.5, 0.6) is 0 Å². The van der Waals surface area contributed by atoms with Crippen LogP contribution in [-0.4, -0.2) is 24.3 Å². The van der Waals surface area contributed by atoms with E-state index < -0.39 is 42.5 Å². The first-order chi connectivity index (χ1) is 20.3. The van der Waals surface area contributed by atoms with Crippen LogP contribution in [0.1, 0.15) is 32.0 Å². The Balaban J connectivity index is 1.96. The van der Waals surface area contributed by atoms with Crippen molar-refractivity contribution in [1.82, 2.24) is 0 Å². The minimum absolute atomic E-state index is 0.0627. The Morgan fingerprint density at radius 3 is 1.60 bits per heavy atom. The second-order valence-corrected chi connectivity index (χ2v) is 14.0. The first kappa shape index (κ1) is 29.1. The molecule has 42 heavy (non-hydrogen) atoms. The fourth-order valence-corrected chi connectivity index (χ4v) is 10.9. The van der Waals surface area contributed by atoms with Crippen molar-refractivity contribution in [2.75, 3.05) is 6.61 Å². The predicted molar refractivity (Wildman–Crippen MR) is 163 cm³/mol. The maximum atomic E-state index is 14.2. The molecule has 0 aromatic heterocycles. The number of hydrogen-bond acceptors (Lipinski definition) is 6. The highest BCUT2D eigenvalue weighted by atomic mass is 31.2. The van der Waals surface area contributed by atoms with Crippen LogP contribution in [0.3, 0.4) is 0 Å². The second-order valence-electron chi connectivity index (χ2n) is 10.4. The Bertz CT molecular complexity index is 1460. The highest BCUT2D eigenvalue weighted by molar-refractivity contribution is 7.96. The Labute approximate surface area is 246 Å². The number of cyclic esters (lactones) is 1. The summed E-state index contributed by atoms with van der Waals surface area (Å²) in [6.45, 7) is 4.74. The topological polar surface area (TPSA) is 84.9 Å². The SMILES string of the molecule is CCOC(=O)C(C1=C([O-])OC(C)(C)OC1=O)C(c1ccccc1)[P+](c1ccccc1)(c1ccccc1)c1ccccc1. The molecule has 4 aromatic carbocycles. The number of ether oxygens (including phenoxy) is 3. The van der Waals surface area contributed by atoms with Crippen molar-refractivity contribution in [2.24, 2.45) is 5.92 Å². The van der Waals surface area contributed by atoms with Crippen molar-refractivity contribution in [3.8, 4) is 0 Å². The third-order valence-electron chi connectivity index (χ3n) is 7.33. The van der Waals surface area contributed by atoms with Gasteiger partial charge in [-0.05, 0) is 62.7 Å². The fraction of sp³-hybridized carbons (Fsp3) is 0.200. The van der Waals surface area contributed by atoms with Crippen LogP contribution in [0.25, 0.3) is 0 Å². The lowest BCUT2D eigenvalue weighted by atomic mass is 9.90. The maximum Gasteiger partial charge on any atom is 0.338 e. The van der Waals surface area contributed by atoms with Gasteiger partial charge in [-0.25, -0.2) is 4.79 Å². The van der Waals surface area contributed by atoms with Crippen LogP contribution in [0.4, 0.5) is 0 Å². The fourth-order valence-electron chi connectivity index (χ4n) is 5.76. The highest BCUT2D eigenvalue weighted by Gasteiger charge is 2.60. The number of hydrogen-bond donors (Lipinski definition) is 0. The molecule has 2 unspecified atom stereocenters. The molecule has 0 amide bonds. The zero-order chi connectivity index (χ0) is 29.7. The smallest absolute Gasteiger partial charge is 0.338 e.